The van der Waals surface area contributed by atoms with Crippen molar-refractivity contribution < 1.29 is 4.79 Å². The van der Waals surface area contributed by atoms with E-state index in [1.54, 1.807) is 0 Å². The molecule has 6 nitrogen and oxygen atoms in total. The van der Waals surface area contributed by atoms with Crippen molar-refractivity contribution in [3.63, 3.8) is 0 Å². The number of rotatable bonds is 8. The van der Waals surface area contributed by atoms with Crippen molar-refractivity contribution in [3.8, 4) is 0 Å². The van der Waals surface area contributed by atoms with Crippen molar-refractivity contribution in [1.29, 1.82) is 0 Å². The van der Waals surface area contributed by atoms with Crippen molar-refractivity contribution >= 4 is 41.7 Å². The predicted octanol–water partition coefficient (Wildman–Crippen LogP) is 4.62. The third-order valence-corrected chi connectivity index (χ3v) is 5.23. The summed E-state index contributed by atoms with van der Waals surface area (Å²) in [4.78, 5) is 16.5. The average molecular weight is 535 g/mol. The third-order valence-electron chi connectivity index (χ3n) is 5.23. The Labute approximate surface area is 202 Å². The smallest absolute Gasteiger partial charge is 0.319 e. The van der Waals surface area contributed by atoms with E-state index < -0.39 is 0 Å². The molecule has 0 aliphatic heterocycles. The van der Waals surface area contributed by atoms with Gasteiger partial charge in [-0.1, -0.05) is 42.5 Å². The molecular weight excluding hydrogens is 501 g/mol. The first-order valence-electron chi connectivity index (χ1n) is 10.7. The van der Waals surface area contributed by atoms with Gasteiger partial charge in [-0.2, -0.15) is 0 Å². The van der Waals surface area contributed by atoms with Crippen LogP contribution in [0.1, 0.15) is 44.7 Å². The number of urea groups is 1. The molecule has 0 spiro atoms. The number of anilines is 1. The van der Waals surface area contributed by atoms with Crippen LogP contribution < -0.4 is 21.3 Å². The van der Waals surface area contributed by atoms with Crippen LogP contribution in [0, 0.1) is 0 Å². The first-order valence-corrected chi connectivity index (χ1v) is 10.7. The number of carbonyl (C=O) groups excluding carboxylic acids is 1. The Hall–Kier alpha value is -2.29. The molecule has 1 fully saturated rings. The predicted molar refractivity (Wildman–Crippen MR) is 139 cm³/mol. The van der Waals surface area contributed by atoms with Gasteiger partial charge in [-0.05, 0) is 56.9 Å². The molecule has 1 saturated carbocycles. The number of nitrogens with one attached hydrogen (secondary N) is 4. The highest BCUT2D eigenvalue weighted by atomic mass is 127. The summed E-state index contributed by atoms with van der Waals surface area (Å²) < 4.78 is 0. The van der Waals surface area contributed by atoms with E-state index in [1.165, 1.54) is 18.4 Å². The first kappa shape index (κ1) is 25.0. The van der Waals surface area contributed by atoms with Gasteiger partial charge in [0.2, 0.25) is 0 Å². The van der Waals surface area contributed by atoms with Gasteiger partial charge in [-0.3, -0.25) is 0 Å². The second kappa shape index (κ2) is 11.9. The van der Waals surface area contributed by atoms with Gasteiger partial charge in [0.25, 0.3) is 0 Å². The van der Waals surface area contributed by atoms with Crippen LogP contribution in [0.25, 0.3) is 0 Å². The Morgan fingerprint density at radius 2 is 1.71 bits per heavy atom. The highest BCUT2D eigenvalue weighted by Gasteiger charge is 2.43. The molecule has 2 aromatic rings. The number of halogens is 1. The second-order valence-electron chi connectivity index (χ2n) is 8.15. The number of nitrogens with zero attached hydrogens (tertiary/aromatic N) is 1. The molecule has 3 rings (SSSR count). The number of hydrogen-bond acceptors (Lipinski definition) is 2. The van der Waals surface area contributed by atoms with Crippen LogP contribution in [-0.4, -0.2) is 31.1 Å². The fraction of sp³-hybridized carbons (Fsp3) is 0.417. The van der Waals surface area contributed by atoms with Crippen LogP contribution in [0.2, 0.25) is 0 Å². The van der Waals surface area contributed by atoms with E-state index in [9.17, 15) is 4.79 Å². The molecule has 0 atom stereocenters. The van der Waals surface area contributed by atoms with Gasteiger partial charge in [0, 0.05) is 30.2 Å². The van der Waals surface area contributed by atoms with E-state index in [-0.39, 0.29) is 41.5 Å². The van der Waals surface area contributed by atoms with E-state index >= 15 is 0 Å². The maximum Gasteiger partial charge on any atom is 0.319 e. The number of aliphatic imine (C=N–C) groups is 1. The zero-order chi connectivity index (χ0) is 21.4. The summed E-state index contributed by atoms with van der Waals surface area (Å²) in [5.74, 6) is 0.832. The van der Waals surface area contributed by atoms with Crippen LogP contribution in [-0.2, 0) is 12.0 Å². The third kappa shape index (κ3) is 7.72. The van der Waals surface area contributed by atoms with Gasteiger partial charge in [-0.15, -0.1) is 24.0 Å². The van der Waals surface area contributed by atoms with E-state index in [1.807, 2.05) is 38.1 Å². The van der Waals surface area contributed by atoms with Gasteiger partial charge in [0.05, 0.1) is 6.54 Å². The van der Waals surface area contributed by atoms with Crippen molar-refractivity contribution in [2.24, 2.45) is 4.99 Å². The lowest BCUT2D eigenvalue weighted by molar-refractivity contribution is 0.250. The fourth-order valence-electron chi connectivity index (χ4n) is 3.40. The summed E-state index contributed by atoms with van der Waals surface area (Å²) in [5, 5.41) is 12.5. The van der Waals surface area contributed by atoms with Crippen molar-refractivity contribution in [2.75, 3.05) is 18.4 Å². The van der Waals surface area contributed by atoms with Gasteiger partial charge in [0.15, 0.2) is 5.96 Å². The van der Waals surface area contributed by atoms with Crippen LogP contribution in [0.15, 0.2) is 59.6 Å². The first-order chi connectivity index (χ1) is 14.5. The Balaban J connectivity index is 0.00000341. The number of carbonyl (C=O) groups is 1. The molecule has 0 aromatic heterocycles. The Bertz CT molecular complexity index is 848. The average Bonchev–Trinajstić information content (AvgIpc) is 3.52. The van der Waals surface area contributed by atoms with Crippen LogP contribution in [0.3, 0.4) is 0 Å². The minimum Gasteiger partial charge on any atom is -0.357 e. The van der Waals surface area contributed by atoms with E-state index in [0.29, 0.717) is 6.54 Å². The largest absolute Gasteiger partial charge is 0.357 e. The van der Waals surface area contributed by atoms with E-state index in [4.69, 9.17) is 4.99 Å². The molecule has 0 unspecified atom stereocenters. The van der Waals surface area contributed by atoms with Crippen molar-refractivity contribution in [3.05, 3.63) is 65.7 Å². The summed E-state index contributed by atoms with van der Waals surface area (Å²) in [6.07, 6.45) is 2.42. The van der Waals surface area contributed by atoms with Crippen LogP contribution in [0.5, 0.6) is 0 Å². The monoisotopic (exact) mass is 535 g/mol. The number of amides is 2. The quantitative estimate of drug-likeness (QED) is 0.226. The van der Waals surface area contributed by atoms with Gasteiger partial charge >= 0.3 is 6.03 Å². The van der Waals surface area contributed by atoms with Crippen LogP contribution >= 0.6 is 24.0 Å². The number of hydrogen-bond donors (Lipinski definition) is 4. The maximum absolute atomic E-state index is 11.8. The Morgan fingerprint density at radius 1 is 1.03 bits per heavy atom. The van der Waals surface area contributed by atoms with Gasteiger partial charge in [-0.25, -0.2) is 9.79 Å². The molecule has 0 heterocycles. The number of guanidine groups is 1. The lowest BCUT2D eigenvalue weighted by atomic mass is 9.96. The normalized spacial score (nSPS) is 14.4. The molecule has 168 valence electrons. The standard InChI is InChI=1S/C24H33N5O.HI/c1-4-25-22(27-17-24(14-15-24)20-8-6-5-7-9-20)26-16-19-10-12-21(13-11-19)29-23(30)28-18(2)3;/h5-13,18H,4,14-17H2,1-3H3,(H2,25,26,27)(H2,28,29,30);1H. The molecule has 2 amide bonds. The molecular formula is C24H34IN5O. The Kier molecular flexibility index (Phi) is 9.61. The Morgan fingerprint density at radius 3 is 2.29 bits per heavy atom. The maximum atomic E-state index is 11.8. The van der Waals surface area contributed by atoms with Gasteiger partial charge < -0.3 is 21.3 Å². The molecule has 4 N–H and O–H groups in total. The van der Waals surface area contributed by atoms with E-state index in [2.05, 4.69) is 58.5 Å². The molecule has 7 heteroatoms. The zero-order valence-electron chi connectivity index (χ0n) is 18.6. The topological polar surface area (TPSA) is 77.5 Å². The molecule has 0 saturated heterocycles. The molecule has 1 aliphatic rings. The van der Waals surface area contributed by atoms with Crippen LogP contribution in [0.4, 0.5) is 10.5 Å². The fourth-order valence-corrected chi connectivity index (χ4v) is 3.40. The summed E-state index contributed by atoms with van der Waals surface area (Å²) in [6, 6.07) is 18.4. The van der Waals surface area contributed by atoms with Gasteiger partial charge in [0.1, 0.15) is 0 Å². The highest BCUT2D eigenvalue weighted by Crippen LogP contribution is 2.47. The van der Waals surface area contributed by atoms with Crippen molar-refractivity contribution in [1.82, 2.24) is 16.0 Å². The lowest BCUT2D eigenvalue weighted by Gasteiger charge is -2.19. The second-order valence-corrected chi connectivity index (χ2v) is 8.15. The van der Waals surface area contributed by atoms with Crippen molar-refractivity contribution in [2.45, 2.75) is 51.6 Å². The molecule has 1 aliphatic carbocycles. The molecule has 31 heavy (non-hydrogen) atoms. The minimum atomic E-state index is -0.193. The minimum absolute atomic E-state index is 0. The molecule has 0 bridgehead atoms. The summed E-state index contributed by atoms with van der Waals surface area (Å²) in [6.45, 7) is 8.22. The molecule has 0 radical (unpaired) electrons. The van der Waals surface area contributed by atoms with E-state index in [0.717, 1.165) is 30.3 Å². The SMILES string of the molecule is CCNC(=NCc1ccc(NC(=O)NC(C)C)cc1)NCC1(c2ccccc2)CC1.I. The molecule has 2 aromatic carbocycles. The number of benzene rings is 2. The summed E-state index contributed by atoms with van der Waals surface area (Å²) >= 11 is 0. The zero-order valence-corrected chi connectivity index (χ0v) is 20.9. The highest BCUT2D eigenvalue weighted by molar-refractivity contribution is 14.0. The summed E-state index contributed by atoms with van der Waals surface area (Å²) in [7, 11) is 0. The lowest BCUT2D eigenvalue weighted by Crippen LogP contribution is -2.41. The summed E-state index contributed by atoms with van der Waals surface area (Å²) in [5.41, 5.74) is 3.50.